The number of anilines is 1. The van der Waals surface area contributed by atoms with Gasteiger partial charge in [0.2, 0.25) is 0 Å². The topological polar surface area (TPSA) is 146 Å². The molecular weight excluding hydrogens is 520 g/mol. The molecule has 0 unspecified atom stereocenters. The highest BCUT2D eigenvalue weighted by Gasteiger charge is 2.37. The summed E-state index contributed by atoms with van der Waals surface area (Å²) in [5, 5.41) is 13.1. The van der Waals surface area contributed by atoms with E-state index in [1.807, 2.05) is 26.0 Å². The summed E-state index contributed by atoms with van der Waals surface area (Å²) in [6, 6.07) is 12.5. The predicted molar refractivity (Wildman–Crippen MR) is 148 cm³/mol. The number of methoxy groups -OCH3 is 3. The molecule has 3 aromatic rings. The number of rotatable bonds is 6. The largest absolute Gasteiger partial charge is 0.497 e. The summed E-state index contributed by atoms with van der Waals surface area (Å²) in [7, 11) is 4.15. The summed E-state index contributed by atoms with van der Waals surface area (Å²) < 4.78 is 16.8. The van der Waals surface area contributed by atoms with Crippen molar-refractivity contribution in [3.63, 3.8) is 0 Å². The van der Waals surface area contributed by atoms with E-state index in [9.17, 15) is 19.6 Å². The van der Waals surface area contributed by atoms with Gasteiger partial charge in [0.25, 0.3) is 11.5 Å². The van der Waals surface area contributed by atoms with Gasteiger partial charge in [-0.05, 0) is 43.2 Å². The van der Waals surface area contributed by atoms with Crippen molar-refractivity contribution >= 4 is 46.4 Å². The van der Waals surface area contributed by atoms with E-state index in [1.54, 1.807) is 24.3 Å². The van der Waals surface area contributed by atoms with Crippen LogP contribution in [0, 0.1) is 25.2 Å². The van der Waals surface area contributed by atoms with Crippen LogP contribution in [0.15, 0.2) is 46.8 Å². The number of aromatic nitrogens is 1. The lowest BCUT2D eigenvalue weighted by Crippen LogP contribution is -2.41. The number of fused-ring (bicyclic) bond motifs is 1. The van der Waals surface area contributed by atoms with Gasteiger partial charge < -0.3 is 25.3 Å². The van der Waals surface area contributed by atoms with Gasteiger partial charge in [-0.2, -0.15) is 5.26 Å². The molecule has 3 N–H and O–H groups in total. The van der Waals surface area contributed by atoms with Gasteiger partial charge in [0.05, 0.1) is 44.5 Å². The number of nitrogens with two attached hydrogens (primary N) is 1. The third-order valence-corrected chi connectivity index (χ3v) is 7.59. The molecule has 0 aliphatic carbocycles. The normalized spacial score (nSPS) is 14.9. The van der Waals surface area contributed by atoms with Crippen molar-refractivity contribution in [2.75, 3.05) is 26.6 Å². The summed E-state index contributed by atoms with van der Waals surface area (Å²) in [6.07, 6.45) is 1.03. The Morgan fingerprint density at radius 3 is 2.46 bits per heavy atom. The molecule has 0 saturated heterocycles. The molecule has 0 fully saturated rings. The van der Waals surface area contributed by atoms with Crippen LogP contribution in [0.1, 0.15) is 22.6 Å². The van der Waals surface area contributed by atoms with Gasteiger partial charge >= 0.3 is 5.97 Å². The maximum Gasteiger partial charge on any atom is 0.332 e. The van der Waals surface area contributed by atoms with Gasteiger partial charge in [0.1, 0.15) is 26.5 Å². The number of aryl methyl sites for hydroxylation is 2. The van der Waals surface area contributed by atoms with Crippen LogP contribution in [0.4, 0.5) is 5.69 Å². The van der Waals surface area contributed by atoms with Crippen LogP contribution in [0.2, 0.25) is 0 Å². The molecule has 1 aromatic heterocycles. The lowest BCUT2D eigenvalue weighted by Gasteiger charge is -2.26. The first-order valence-corrected chi connectivity index (χ1v) is 12.5. The number of allylic oxidation sites excluding steroid dienone is 1. The Balaban J connectivity index is 2.08. The van der Waals surface area contributed by atoms with E-state index < -0.39 is 23.4 Å². The SMILES string of the molecule is COC(=O)/C=c1\sc2n(c1=O)C(N)=C(C#N)[C@@H](c1ccc(OC)cc1OC)C=2C(=O)Nc1ccc(C)c(C)c1. The average molecular weight is 547 g/mol. The zero-order valence-electron chi connectivity index (χ0n) is 21.9. The van der Waals surface area contributed by atoms with Crippen molar-refractivity contribution in [2.24, 2.45) is 5.73 Å². The zero-order chi connectivity index (χ0) is 28.4. The number of thiazole rings is 1. The quantitative estimate of drug-likeness (QED) is 0.445. The smallest absolute Gasteiger partial charge is 0.332 e. The third-order valence-electron chi connectivity index (χ3n) is 6.48. The number of nitrogens with zero attached hydrogens (tertiary/aromatic N) is 2. The molecule has 200 valence electrons. The van der Waals surface area contributed by atoms with Gasteiger partial charge in [-0.15, -0.1) is 11.3 Å². The second kappa shape index (κ2) is 10.9. The number of esters is 1. The Morgan fingerprint density at radius 1 is 1.10 bits per heavy atom. The maximum atomic E-state index is 14.0. The van der Waals surface area contributed by atoms with Crippen LogP contribution in [0.25, 0.3) is 17.5 Å². The number of amides is 1. The standard InChI is InChI=1S/C28H26N4O6S/c1-14-6-7-16(10-15(14)2)31-26(34)24-23(18-9-8-17(36-3)11-20(18)37-4)19(13-29)25(30)32-27(35)21(39-28(24)32)12-22(33)38-5/h6-12,23H,30H2,1-5H3,(H,31,34)/b21-12-/t23-/m1/s1. The third kappa shape index (κ3) is 4.89. The van der Waals surface area contributed by atoms with Crippen LogP contribution in [-0.4, -0.2) is 37.8 Å². The highest BCUT2D eigenvalue weighted by molar-refractivity contribution is 7.07. The minimum atomic E-state index is -0.994. The lowest BCUT2D eigenvalue weighted by atomic mass is 9.82. The molecule has 0 radical (unpaired) electrons. The average Bonchev–Trinajstić information content (AvgIpc) is 3.25. The number of nitriles is 1. The molecule has 39 heavy (non-hydrogen) atoms. The fourth-order valence-corrected chi connectivity index (χ4v) is 5.45. The first-order valence-electron chi connectivity index (χ1n) is 11.7. The molecule has 0 spiro atoms. The molecule has 1 atom stereocenters. The highest BCUT2D eigenvalue weighted by atomic mass is 32.1. The molecule has 11 heteroatoms. The molecule has 1 aliphatic rings. The van der Waals surface area contributed by atoms with Gasteiger partial charge in [0.15, 0.2) is 0 Å². The Bertz CT molecular complexity index is 1760. The van der Waals surface area contributed by atoms with Crippen LogP contribution >= 0.6 is 11.3 Å². The predicted octanol–water partition coefficient (Wildman–Crippen LogP) is 1.74. The molecule has 1 aliphatic heterocycles. The summed E-state index contributed by atoms with van der Waals surface area (Å²) in [5.74, 6) is -1.59. The minimum Gasteiger partial charge on any atom is -0.497 e. The Morgan fingerprint density at radius 2 is 1.85 bits per heavy atom. The number of nitrogens with one attached hydrogen (secondary N) is 1. The fraction of sp³-hybridized carbons (Fsp3) is 0.214. The van der Waals surface area contributed by atoms with Crippen molar-refractivity contribution in [3.05, 3.63) is 78.2 Å². The Kier molecular flexibility index (Phi) is 7.60. The Labute approximate surface area is 227 Å². The number of hydrogen-bond acceptors (Lipinski definition) is 9. The van der Waals surface area contributed by atoms with Crippen molar-refractivity contribution in [3.8, 4) is 17.6 Å². The van der Waals surface area contributed by atoms with E-state index in [2.05, 4.69) is 16.1 Å². The van der Waals surface area contributed by atoms with E-state index in [0.29, 0.717) is 22.7 Å². The number of ether oxygens (including phenoxy) is 3. The second-order valence-corrected chi connectivity index (χ2v) is 9.73. The van der Waals surface area contributed by atoms with Crippen molar-refractivity contribution in [1.29, 1.82) is 5.26 Å². The van der Waals surface area contributed by atoms with Gasteiger partial charge in [0, 0.05) is 23.4 Å². The van der Waals surface area contributed by atoms with E-state index in [1.165, 1.54) is 21.3 Å². The van der Waals surface area contributed by atoms with Crippen LogP contribution in [-0.2, 0) is 14.3 Å². The van der Waals surface area contributed by atoms with Crippen LogP contribution in [0.5, 0.6) is 11.5 Å². The van der Waals surface area contributed by atoms with Crippen LogP contribution in [0.3, 0.4) is 0 Å². The summed E-state index contributed by atoms with van der Waals surface area (Å²) >= 11 is 0.901. The van der Waals surface area contributed by atoms with Crippen molar-refractivity contribution < 1.29 is 23.8 Å². The summed E-state index contributed by atoms with van der Waals surface area (Å²) in [4.78, 5) is 39.3. The minimum absolute atomic E-state index is 0.00378. The molecule has 2 aromatic carbocycles. The van der Waals surface area contributed by atoms with Crippen LogP contribution < -0.4 is 35.3 Å². The van der Waals surface area contributed by atoms with E-state index >= 15 is 0 Å². The fourth-order valence-electron chi connectivity index (χ4n) is 4.32. The summed E-state index contributed by atoms with van der Waals surface area (Å²) in [5.41, 5.74) is 8.83. The van der Waals surface area contributed by atoms with Gasteiger partial charge in [-0.3, -0.25) is 14.2 Å². The summed E-state index contributed by atoms with van der Waals surface area (Å²) in [6.45, 7) is 3.88. The molecule has 0 saturated carbocycles. The van der Waals surface area contributed by atoms with Gasteiger partial charge in [-0.1, -0.05) is 12.1 Å². The van der Waals surface area contributed by atoms with Crippen molar-refractivity contribution in [2.45, 2.75) is 19.8 Å². The molecule has 1 amide bonds. The Hall–Kier alpha value is -4.82. The van der Waals surface area contributed by atoms with E-state index in [4.69, 9.17) is 15.2 Å². The molecular formula is C28H26N4O6S. The number of carbonyl (C=O) groups excluding carboxylic acids is 2. The molecule has 10 nitrogen and oxygen atoms in total. The van der Waals surface area contributed by atoms with Gasteiger partial charge in [-0.25, -0.2) is 4.79 Å². The first-order chi connectivity index (χ1) is 18.6. The first kappa shape index (κ1) is 27.2. The zero-order valence-corrected chi connectivity index (χ0v) is 22.8. The monoisotopic (exact) mass is 546 g/mol. The van der Waals surface area contributed by atoms with E-state index in [0.717, 1.165) is 33.1 Å². The van der Waals surface area contributed by atoms with Crippen molar-refractivity contribution in [1.82, 2.24) is 4.57 Å². The number of benzene rings is 2. The maximum absolute atomic E-state index is 14.0. The molecule has 0 bridgehead atoms. The molecule has 2 heterocycles. The highest BCUT2D eigenvalue weighted by Crippen LogP contribution is 2.42. The molecule has 4 rings (SSSR count). The lowest BCUT2D eigenvalue weighted by molar-refractivity contribution is -0.133. The number of carbonyl (C=O) groups is 2. The second-order valence-electron chi connectivity index (χ2n) is 8.70. The number of hydrogen-bond donors (Lipinski definition) is 2. The van der Waals surface area contributed by atoms with E-state index in [-0.39, 0.29) is 26.2 Å².